The highest BCUT2D eigenvalue weighted by molar-refractivity contribution is 14.1. The van der Waals surface area contributed by atoms with Gasteiger partial charge in [-0.3, -0.25) is 0 Å². The van der Waals surface area contributed by atoms with Gasteiger partial charge >= 0.3 is 0 Å². The molecule has 0 fully saturated rings. The zero-order valence-corrected chi connectivity index (χ0v) is 9.71. The Kier molecular flexibility index (Phi) is 2.58. The molecule has 0 spiro atoms. The first-order valence-electron chi connectivity index (χ1n) is 4.18. The quantitative estimate of drug-likeness (QED) is 0.726. The molecule has 0 saturated carbocycles. The molecule has 14 heavy (non-hydrogen) atoms. The largest absolute Gasteiger partial charge is 0.464 e. The first-order chi connectivity index (χ1) is 6.68. The zero-order valence-electron chi connectivity index (χ0n) is 7.55. The van der Waals surface area contributed by atoms with E-state index in [1.54, 1.807) is 18.4 Å². The summed E-state index contributed by atoms with van der Waals surface area (Å²) in [5.74, 6) is 0.344. The molecular weight excluding hydrogens is 294 g/mol. The Morgan fingerprint density at radius 3 is 2.71 bits per heavy atom. The molecule has 1 heterocycles. The molecule has 0 aliphatic heterocycles. The van der Waals surface area contributed by atoms with Crippen LogP contribution in [0, 0.1) is 16.3 Å². The second-order valence-electron chi connectivity index (χ2n) is 3.08. The van der Waals surface area contributed by atoms with Gasteiger partial charge in [-0.05, 0) is 59.3 Å². The van der Waals surface area contributed by atoms with E-state index in [4.69, 9.17) is 4.42 Å². The SMILES string of the molecule is Cc1cc(F)c(-c2ccco2)c(I)c1. The highest BCUT2D eigenvalue weighted by atomic mass is 127. The number of rotatable bonds is 1. The van der Waals surface area contributed by atoms with Crippen LogP contribution < -0.4 is 0 Å². The smallest absolute Gasteiger partial charge is 0.137 e. The minimum Gasteiger partial charge on any atom is -0.464 e. The molecule has 2 rings (SSSR count). The van der Waals surface area contributed by atoms with Gasteiger partial charge in [0.25, 0.3) is 0 Å². The van der Waals surface area contributed by atoms with Gasteiger partial charge in [0.1, 0.15) is 11.6 Å². The van der Waals surface area contributed by atoms with Crippen LogP contribution in [0.1, 0.15) is 5.56 Å². The summed E-state index contributed by atoms with van der Waals surface area (Å²) in [6.45, 7) is 1.87. The second kappa shape index (κ2) is 3.73. The van der Waals surface area contributed by atoms with Crippen molar-refractivity contribution in [2.24, 2.45) is 0 Å². The van der Waals surface area contributed by atoms with Gasteiger partial charge in [-0.25, -0.2) is 4.39 Å². The van der Waals surface area contributed by atoms with E-state index in [1.807, 2.05) is 13.0 Å². The van der Waals surface area contributed by atoms with Crippen molar-refractivity contribution in [3.05, 3.63) is 45.5 Å². The summed E-state index contributed by atoms with van der Waals surface area (Å²) in [7, 11) is 0. The summed E-state index contributed by atoms with van der Waals surface area (Å²) in [6, 6.07) is 6.96. The lowest BCUT2D eigenvalue weighted by atomic mass is 10.1. The minimum absolute atomic E-state index is 0.232. The third-order valence-electron chi connectivity index (χ3n) is 1.95. The van der Waals surface area contributed by atoms with Gasteiger partial charge in [0, 0.05) is 3.57 Å². The maximum atomic E-state index is 13.6. The van der Waals surface area contributed by atoms with Crippen molar-refractivity contribution in [3.8, 4) is 11.3 Å². The van der Waals surface area contributed by atoms with Gasteiger partial charge in [0.2, 0.25) is 0 Å². The molecule has 1 aromatic carbocycles. The van der Waals surface area contributed by atoms with E-state index in [2.05, 4.69) is 22.6 Å². The third-order valence-corrected chi connectivity index (χ3v) is 2.80. The van der Waals surface area contributed by atoms with Crippen LogP contribution in [0.5, 0.6) is 0 Å². The van der Waals surface area contributed by atoms with Crippen LogP contribution >= 0.6 is 22.6 Å². The third kappa shape index (κ3) is 1.68. The Balaban J connectivity index is 2.64. The molecule has 0 bridgehead atoms. The van der Waals surface area contributed by atoms with Crippen LogP contribution in [0.15, 0.2) is 34.9 Å². The number of aryl methyl sites for hydroxylation is 1. The molecule has 72 valence electrons. The number of hydrogen-bond donors (Lipinski definition) is 0. The van der Waals surface area contributed by atoms with Crippen LogP contribution in [-0.4, -0.2) is 0 Å². The van der Waals surface area contributed by atoms with Crippen LogP contribution in [-0.2, 0) is 0 Å². The van der Waals surface area contributed by atoms with Crippen LogP contribution in [0.2, 0.25) is 0 Å². The van der Waals surface area contributed by atoms with Crippen molar-refractivity contribution in [1.29, 1.82) is 0 Å². The summed E-state index contributed by atoms with van der Waals surface area (Å²) in [5.41, 5.74) is 1.46. The van der Waals surface area contributed by atoms with Gasteiger partial charge in [-0.1, -0.05) is 0 Å². The Hall–Kier alpha value is -0.840. The fraction of sp³-hybridized carbons (Fsp3) is 0.0909. The van der Waals surface area contributed by atoms with Crippen molar-refractivity contribution >= 4 is 22.6 Å². The van der Waals surface area contributed by atoms with E-state index in [1.165, 1.54) is 6.07 Å². The first kappa shape index (κ1) is 9.71. The van der Waals surface area contributed by atoms with Gasteiger partial charge < -0.3 is 4.42 Å². The average Bonchev–Trinajstić information content (AvgIpc) is 2.54. The standard InChI is InChI=1S/C11H8FIO/c1-7-5-8(12)11(9(13)6-7)10-3-2-4-14-10/h2-6H,1H3. The van der Waals surface area contributed by atoms with E-state index in [-0.39, 0.29) is 5.82 Å². The summed E-state index contributed by atoms with van der Waals surface area (Å²) < 4.78 is 19.7. The highest BCUT2D eigenvalue weighted by Gasteiger charge is 2.12. The topological polar surface area (TPSA) is 13.1 Å². The lowest BCUT2D eigenvalue weighted by Crippen LogP contribution is -1.89. The molecule has 2 aromatic rings. The Bertz CT molecular complexity index is 425. The van der Waals surface area contributed by atoms with E-state index in [0.717, 1.165) is 9.13 Å². The molecule has 1 nitrogen and oxygen atoms in total. The normalized spacial score (nSPS) is 10.5. The summed E-state index contributed by atoms with van der Waals surface area (Å²) in [4.78, 5) is 0. The second-order valence-corrected chi connectivity index (χ2v) is 4.24. The van der Waals surface area contributed by atoms with E-state index in [9.17, 15) is 4.39 Å². The van der Waals surface area contributed by atoms with Gasteiger partial charge in [0.05, 0.1) is 11.8 Å². The van der Waals surface area contributed by atoms with Gasteiger partial charge in [-0.15, -0.1) is 0 Å². The minimum atomic E-state index is -0.232. The molecule has 0 unspecified atom stereocenters. The highest BCUT2D eigenvalue weighted by Crippen LogP contribution is 2.29. The van der Waals surface area contributed by atoms with Crippen molar-refractivity contribution < 1.29 is 8.81 Å². The molecule has 0 aliphatic carbocycles. The Morgan fingerprint density at radius 1 is 1.36 bits per heavy atom. The van der Waals surface area contributed by atoms with E-state index in [0.29, 0.717) is 11.3 Å². The molecule has 0 amide bonds. The van der Waals surface area contributed by atoms with Crippen molar-refractivity contribution in [2.45, 2.75) is 6.92 Å². The zero-order chi connectivity index (χ0) is 10.1. The number of hydrogen-bond acceptors (Lipinski definition) is 1. The fourth-order valence-electron chi connectivity index (χ4n) is 1.36. The monoisotopic (exact) mass is 302 g/mol. The predicted octanol–water partition coefficient (Wildman–Crippen LogP) is 4.00. The van der Waals surface area contributed by atoms with Crippen LogP contribution in [0.4, 0.5) is 4.39 Å². The van der Waals surface area contributed by atoms with E-state index >= 15 is 0 Å². The lowest BCUT2D eigenvalue weighted by Gasteiger charge is -2.04. The van der Waals surface area contributed by atoms with Gasteiger partial charge in [0.15, 0.2) is 0 Å². The van der Waals surface area contributed by atoms with E-state index < -0.39 is 0 Å². The number of benzene rings is 1. The average molecular weight is 302 g/mol. The molecule has 0 saturated heterocycles. The van der Waals surface area contributed by atoms with Crippen molar-refractivity contribution in [1.82, 2.24) is 0 Å². The first-order valence-corrected chi connectivity index (χ1v) is 5.26. The van der Waals surface area contributed by atoms with Gasteiger partial charge in [-0.2, -0.15) is 0 Å². The summed E-state index contributed by atoms with van der Waals surface area (Å²) in [5, 5.41) is 0. The molecule has 1 aromatic heterocycles. The summed E-state index contributed by atoms with van der Waals surface area (Å²) >= 11 is 2.11. The maximum absolute atomic E-state index is 13.6. The van der Waals surface area contributed by atoms with Crippen molar-refractivity contribution in [3.63, 3.8) is 0 Å². The summed E-state index contributed by atoms with van der Waals surface area (Å²) in [6.07, 6.45) is 1.55. The predicted molar refractivity (Wildman–Crippen MR) is 61.6 cm³/mol. The number of halogens is 2. The molecule has 0 N–H and O–H groups in total. The molecule has 0 aliphatic rings. The molecular formula is C11H8FIO. The van der Waals surface area contributed by atoms with Crippen LogP contribution in [0.25, 0.3) is 11.3 Å². The lowest BCUT2D eigenvalue weighted by molar-refractivity contribution is 0.568. The van der Waals surface area contributed by atoms with Crippen LogP contribution in [0.3, 0.4) is 0 Å². The molecule has 3 heteroatoms. The maximum Gasteiger partial charge on any atom is 0.137 e. The van der Waals surface area contributed by atoms with Crippen molar-refractivity contribution in [2.75, 3.05) is 0 Å². The Labute approximate surface area is 95.1 Å². The Morgan fingerprint density at radius 2 is 2.14 bits per heavy atom. The fourth-order valence-corrected chi connectivity index (χ4v) is 2.37. The molecule has 0 atom stereocenters. The number of furan rings is 1. The molecule has 0 radical (unpaired) electrons.